The molecule has 0 aromatic heterocycles. The Balaban J connectivity index is 0.000000587. The van der Waals surface area contributed by atoms with Crippen molar-refractivity contribution in [3.8, 4) is 0 Å². The zero-order valence-electron chi connectivity index (χ0n) is 23.9. The fourth-order valence-corrected chi connectivity index (χ4v) is 5.83. The van der Waals surface area contributed by atoms with Gasteiger partial charge < -0.3 is 15.7 Å². The van der Waals surface area contributed by atoms with Crippen LogP contribution < -0.4 is 5.73 Å². The van der Waals surface area contributed by atoms with Crippen LogP contribution in [0.2, 0.25) is 0 Å². The molecule has 2 fully saturated rings. The third-order valence-electron chi connectivity index (χ3n) is 7.76. The number of carboxylic acids is 1. The lowest BCUT2D eigenvalue weighted by atomic mass is 9.84. The molecule has 3 atom stereocenters. The Morgan fingerprint density at radius 3 is 2.07 bits per heavy atom. The van der Waals surface area contributed by atoms with E-state index in [0.717, 1.165) is 32.4 Å². The molecule has 224 valence electrons. The Morgan fingerprint density at radius 1 is 0.976 bits per heavy atom. The SMILES string of the molecule is CC(C)(C)C(=O)N(CCCN1[C@@H]2CC[C@H]1CC(c1cccc(C(N)=O)c1)C2)Cc1ccccc1.O=C(O)C(F)(F)F. The third-order valence-corrected chi connectivity index (χ3v) is 7.76. The van der Waals surface area contributed by atoms with E-state index in [0.29, 0.717) is 30.1 Å². The fourth-order valence-electron chi connectivity index (χ4n) is 5.83. The van der Waals surface area contributed by atoms with E-state index in [9.17, 15) is 22.8 Å². The van der Waals surface area contributed by atoms with E-state index < -0.39 is 12.1 Å². The number of aliphatic carboxylic acids is 1. The third kappa shape index (κ3) is 9.05. The number of benzene rings is 2. The summed E-state index contributed by atoms with van der Waals surface area (Å²) < 4.78 is 31.7. The smallest absolute Gasteiger partial charge is 0.475 e. The lowest BCUT2D eigenvalue weighted by molar-refractivity contribution is -0.192. The predicted octanol–water partition coefficient (Wildman–Crippen LogP) is 5.59. The summed E-state index contributed by atoms with van der Waals surface area (Å²) in [6.07, 6.45) is 0.654. The van der Waals surface area contributed by atoms with Crippen molar-refractivity contribution < 1.29 is 32.7 Å². The van der Waals surface area contributed by atoms with Gasteiger partial charge in [0.1, 0.15) is 0 Å². The number of halogens is 3. The number of alkyl halides is 3. The van der Waals surface area contributed by atoms with Crippen molar-refractivity contribution in [3.63, 3.8) is 0 Å². The molecule has 4 rings (SSSR count). The van der Waals surface area contributed by atoms with E-state index in [1.807, 2.05) is 56.0 Å². The van der Waals surface area contributed by atoms with Gasteiger partial charge in [0.15, 0.2) is 0 Å². The van der Waals surface area contributed by atoms with Crippen LogP contribution in [0, 0.1) is 5.41 Å². The summed E-state index contributed by atoms with van der Waals surface area (Å²) in [5, 5.41) is 7.12. The maximum Gasteiger partial charge on any atom is 0.490 e. The Bertz CT molecular complexity index is 1180. The average Bonchev–Trinajstić information content (AvgIpc) is 3.13. The van der Waals surface area contributed by atoms with Crippen LogP contribution in [0.3, 0.4) is 0 Å². The number of primary amides is 1. The van der Waals surface area contributed by atoms with Gasteiger partial charge in [0, 0.05) is 42.7 Å². The van der Waals surface area contributed by atoms with Crippen molar-refractivity contribution in [2.45, 2.75) is 83.6 Å². The standard InChI is InChI=1S/C29H39N3O2.C2HF3O2/c1-29(2,3)28(34)31(20-21-9-5-4-6-10-21)15-8-16-32-25-13-14-26(32)19-24(18-25)22-11-7-12-23(17-22)27(30)33;3-2(4,5)1(6)7/h4-7,9-12,17,24-26H,8,13-16,18-20H2,1-3H3,(H2,30,33);(H,6,7)/t24?,25-,26+;. The van der Waals surface area contributed by atoms with Crippen molar-refractivity contribution in [3.05, 3.63) is 71.3 Å². The van der Waals surface area contributed by atoms with Crippen molar-refractivity contribution in [1.82, 2.24) is 9.80 Å². The van der Waals surface area contributed by atoms with Gasteiger partial charge in [-0.3, -0.25) is 14.5 Å². The van der Waals surface area contributed by atoms with Gasteiger partial charge >= 0.3 is 12.1 Å². The van der Waals surface area contributed by atoms with E-state index in [2.05, 4.69) is 23.1 Å². The largest absolute Gasteiger partial charge is 0.490 e. The first kappa shape index (κ1) is 32.1. The number of piperidine rings is 1. The normalized spacial score (nSPS) is 20.6. The van der Waals surface area contributed by atoms with Crippen molar-refractivity contribution in [2.24, 2.45) is 11.1 Å². The first-order chi connectivity index (χ1) is 19.2. The van der Waals surface area contributed by atoms with Crippen LogP contribution in [-0.2, 0) is 16.1 Å². The molecule has 2 aromatic carbocycles. The van der Waals surface area contributed by atoms with Crippen LogP contribution in [-0.4, -0.2) is 64.0 Å². The molecule has 1 unspecified atom stereocenters. The molecule has 10 heteroatoms. The molecule has 0 saturated carbocycles. The Hall–Kier alpha value is -3.40. The Kier molecular flexibility index (Phi) is 10.6. The number of rotatable bonds is 8. The highest BCUT2D eigenvalue weighted by Crippen LogP contribution is 2.43. The highest BCUT2D eigenvalue weighted by atomic mass is 19.4. The lowest BCUT2D eigenvalue weighted by Crippen LogP contribution is -2.44. The number of carbonyl (C=O) groups is 3. The van der Waals surface area contributed by atoms with Gasteiger partial charge in [-0.1, -0.05) is 63.2 Å². The first-order valence-electron chi connectivity index (χ1n) is 14.0. The minimum Gasteiger partial charge on any atom is -0.475 e. The fraction of sp³-hybridized carbons (Fsp3) is 0.516. The molecular weight excluding hydrogens is 535 g/mol. The van der Waals surface area contributed by atoms with Crippen LogP contribution >= 0.6 is 0 Å². The van der Waals surface area contributed by atoms with E-state index in [4.69, 9.17) is 15.6 Å². The van der Waals surface area contributed by atoms with Crippen molar-refractivity contribution in [2.75, 3.05) is 13.1 Å². The molecule has 0 spiro atoms. The molecule has 41 heavy (non-hydrogen) atoms. The van der Waals surface area contributed by atoms with Crippen LogP contribution in [0.25, 0.3) is 0 Å². The molecule has 7 nitrogen and oxygen atoms in total. The molecule has 0 aliphatic carbocycles. The number of hydrogen-bond donors (Lipinski definition) is 2. The van der Waals surface area contributed by atoms with Gasteiger partial charge in [-0.25, -0.2) is 4.79 Å². The van der Waals surface area contributed by atoms with Crippen LogP contribution in [0.4, 0.5) is 13.2 Å². The summed E-state index contributed by atoms with van der Waals surface area (Å²) in [7, 11) is 0. The van der Waals surface area contributed by atoms with E-state index in [1.165, 1.54) is 24.0 Å². The number of fused-ring (bicyclic) bond motifs is 2. The van der Waals surface area contributed by atoms with E-state index >= 15 is 0 Å². The van der Waals surface area contributed by atoms with Gasteiger partial charge in [0.05, 0.1) is 0 Å². The number of carboxylic acid groups (broad SMARTS) is 1. The van der Waals surface area contributed by atoms with Crippen molar-refractivity contribution >= 4 is 17.8 Å². The molecule has 2 heterocycles. The Morgan fingerprint density at radius 2 is 1.56 bits per heavy atom. The number of nitrogens with zero attached hydrogens (tertiary/aromatic N) is 2. The van der Waals surface area contributed by atoms with E-state index in [-0.39, 0.29) is 17.2 Å². The number of carbonyl (C=O) groups excluding carboxylic acids is 2. The van der Waals surface area contributed by atoms with Crippen LogP contribution in [0.5, 0.6) is 0 Å². The second-order valence-corrected chi connectivity index (χ2v) is 11.9. The highest BCUT2D eigenvalue weighted by Gasteiger charge is 2.41. The van der Waals surface area contributed by atoms with E-state index in [1.54, 1.807) is 6.07 Å². The second kappa shape index (κ2) is 13.5. The predicted molar refractivity (Wildman–Crippen MR) is 150 cm³/mol. The molecule has 2 saturated heterocycles. The number of amides is 2. The maximum atomic E-state index is 13.1. The highest BCUT2D eigenvalue weighted by molar-refractivity contribution is 5.92. The summed E-state index contributed by atoms with van der Waals surface area (Å²) in [6, 6.07) is 19.3. The minimum absolute atomic E-state index is 0.215. The molecular formula is C31H40F3N3O4. The van der Waals surface area contributed by atoms with Crippen molar-refractivity contribution in [1.29, 1.82) is 0 Å². The molecule has 2 bridgehead atoms. The molecule has 2 aliphatic rings. The number of hydrogen-bond acceptors (Lipinski definition) is 4. The van der Waals surface area contributed by atoms with Crippen LogP contribution in [0.15, 0.2) is 54.6 Å². The summed E-state index contributed by atoms with van der Waals surface area (Å²) in [5.74, 6) is -2.41. The van der Waals surface area contributed by atoms with Gasteiger partial charge in [-0.2, -0.15) is 13.2 Å². The zero-order chi connectivity index (χ0) is 30.4. The van der Waals surface area contributed by atoms with Gasteiger partial charge in [0.25, 0.3) is 0 Å². The molecule has 3 N–H and O–H groups in total. The monoisotopic (exact) mass is 575 g/mol. The summed E-state index contributed by atoms with van der Waals surface area (Å²) in [4.78, 5) is 38.4. The molecule has 0 radical (unpaired) electrons. The molecule has 2 aromatic rings. The summed E-state index contributed by atoms with van der Waals surface area (Å²) in [5.41, 5.74) is 8.15. The summed E-state index contributed by atoms with van der Waals surface area (Å²) in [6.45, 7) is 8.50. The topological polar surface area (TPSA) is 104 Å². The zero-order valence-corrected chi connectivity index (χ0v) is 23.9. The summed E-state index contributed by atoms with van der Waals surface area (Å²) >= 11 is 0. The van der Waals surface area contributed by atoms with Gasteiger partial charge in [-0.15, -0.1) is 0 Å². The van der Waals surface area contributed by atoms with Gasteiger partial charge in [0.2, 0.25) is 11.8 Å². The molecule has 2 amide bonds. The quantitative estimate of drug-likeness (QED) is 0.427. The van der Waals surface area contributed by atoms with Crippen LogP contribution in [0.1, 0.15) is 80.3 Å². The molecule has 2 aliphatic heterocycles. The minimum atomic E-state index is -5.08. The average molecular weight is 576 g/mol. The van der Waals surface area contributed by atoms with Gasteiger partial charge in [-0.05, 0) is 61.3 Å². The Labute approximate surface area is 239 Å². The number of nitrogens with two attached hydrogens (primary N) is 1. The lowest BCUT2D eigenvalue weighted by Gasteiger charge is -2.40. The maximum absolute atomic E-state index is 13.1. The first-order valence-corrected chi connectivity index (χ1v) is 14.0. The second-order valence-electron chi connectivity index (χ2n) is 11.9.